The number of ether oxygens (including phenoxy) is 2. The van der Waals surface area contributed by atoms with Crippen LogP contribution in [0.25, 0.3) is 0 Å². The number of alkyl halides is 5. The molecule has 0 saturated heterocycles. The number of nitrogens with zero attached hydrogens (tertiary/aromatic N) is 1. The maximum absolute atomic E-state index is 13.2. The van der Waals surface area contributed by atoms with Gasteiger partial charge in [-0.25, -0.2) is 0 Å². The van der Waals surface area contributed by atoms with Gasteiger partial charge in [0.25, 0.3) is 0 Å². The number of rotatable bonds is 7. The van der Waals surface area contributed by atoms with Crippen LogP contribution in [0.15, 0.2) is 36.4 Å². The van der Waals surface area contributed by atoms with E-state index in [1.807, 2.05) is 0 Å². The summed E-state index contributed by atoms with van der Waals surface area (Å²) in [4.78, 5) is 0. The van der Waals surface area contributed by atoms with Crippen LogP contribution in [-0.4, -0.2) is 13.2 Å². The van der Waals surface area contributed by atoms with E-state index in [9.17, 15) is 22.0 Å². The molecule has 27 heavy (non-hydrogen) atoms. The number of benzene rings is 2. The van der Waals surface area contributed by atoms with Gasteiger partial charge in [-0.05, 0) is 42.8 Å². The second-order valence-corrected chi connectivity index (χ2v) is 5.32. The molecule has 0 aliphatic rings. The Morgan fingerprint density at radius 2 is 1.85 bits per heavy atom. The van der Waals surface area contributed by atoms with Gasteiger partial charge in [0.05, 0.1) is 23.8 Å². The number of halogens is 5. The second kappa shape index (κ2) is 8.58. The van der Waals surface area contributed by atoms with Crippen LogP contribution in [-0.2, 0) is 12.7 Å². The summed E-state index contributed by atoms with van der Waals surface area (Å²) in [6.45, 7) is -1.20. The third kappa shape index (κ3) is 5.48. The first kappa shape index (κ1) is 20.3. The maximum atomic E-state index is 13.2. The minimum absolute atomic E-state index is 0.0238. The van der Waals surface area contributed by atoms with Crippen LogP contribution >= 0.6 is 0 Å². The Labute approximate surface area is 152 Å². The van der Waals surface area contributed by atoms with Crippen molar-refractivity contribution >= 4 is 5.69 Å². The predicted molar refractivity (Wildman–Crippen MR) is 87.7 cm³/mol. The molecule has 9 heteroatoms. The Morgan fingerprint density at radius 3 is 2.44 bits per heavy atom. The molecule has 2 rings (SSSR count). The van der Waals surface area contributed by atoms with Crippen LogP contribution in [0.1, 0.15) is 23.6 Å². The zero-order valence-electron chi connectivity index (χ0n) is 14.1. The van der Waals surface area contributed by atoms with Gasteiger partial charge in [-0.1, -0.05) is 6.07 Å². The third-order valence-electron chi connectivity index (χ3n) is 3.46. The van der Waals surface area contributed by atoms with Crippen LogP contribution in [0.3, 0.4) is 0 Å². The lowest BCUT2D eigenvalue weighted by atomic mass is 10.1. The summed E-state index contributed by atoms with van der Waals surface area (Å²) in [5.41, 5.74) is -0.783. The van der Waals surface area contributed by atoms with Crippen molar-refractivity contribution in [1.82, 2.24) is 0 Å². The molecule has 144 valence electrons. The third-order valence-corrected chi connectivity index (χ3v) is 3.46. The second-order valence-electron chi connectivity index (χ2n) is 5.32. The van der Waals surface area contributed by atoms with E-state index in [-0.39, 0.29) is 35.9 Å². The van der Waals surface area contributed by atoms with Crippen LogP contribution in [0, 0.1) is 11.3 Å². The van der Waals surface area contributed by atoms with Gasteiger partial charge in [-0.2, -0.15) is 27.2 Å². The van der Waals surface area contributed by atoms with Crippen LogP contribution in [0.4, 0.5) is 27.6 Å². The van der Waals surface area contributed by atoms with Crippen molar-refractivity contribution in [3.8, 4) is 17.6 Å². The molecule has 0 amide bonds. The van der Waals surface area contributed by atoms with E-state index in [0.29, 0.717) is 5.56 Å². The van der Waals surface area contributed by atoms with Crippen LogP contribution < -0.4 is 14.8 Å². The van der Waals surface area contributed by atoms with E-state index < -0.39 is 18.4 Å². The fourth-order valence-electron chi connectivity index (χ4n) is 2.32. The molecular formula is C18H15F5N2O2. The van der Waals surface area contributed by atoms with Gasteiger partial charge < -0.3 is 14.8 Å². The molecule has 0 aromatic heterocycles. The Hall–Kier alpha value is -3.02. The molecule has 0 spiro atoms. The molecule has 0 heterocycles. The van der Waals surface area contributed by atoms with E-state index in [4.69, 9.17) is 10.00 Å². The number of hydrogen-bond acceptors (Lipinski definition) is 4. The molecule has 0 radical (unpaired) electrons. The molecular weight excluding hydrogens is 371 g/mol. The first-order chi connectivity index (χ1) is 12.7. The molecule has 0 aliphatic heterocycles. The van der Waals surface area contributed by atoms with E-state index in [1.165, 1.54) is 30.3 Å². The van der Waals surface area contributed by atoms with Gasteiger partial charge in [0.15, 0.2) is 11.5 Å². The maximum Gasteiger partial charge on any atom is 0.418 e. The van der Waals surface area contributed by atoms with Gasteiger partial charge >= 0.3 is 12.8 Å². The molecule has 0 atom stereocenters. The fraction of sp³-hybridized carbons (Fsp3) is 0.278. The van der Waals surface area contributed by atoms with Crippen LogP contribution in [0.2, 0.25) is 0 Å². The molecule has 2 aromatic carbocycles. The summed E-state index contributed by atoms with van der Waals surface area (Å²) < 4.78 is 73.9. The standard InChI is InChI=1S/C18H15F5N2O2/c1-2-26-16-8-12(4-6-15(16)27-17(19)20)10-25-14-5-3-11(9-24)7-13(14)18(21,22)23/h3-8,17,25H,2,10H2,1H3. The molecule has 0 fully saturated rings. The van der Waals surface area contributed by atoms with Crippen molar-refractivity contribution < 1.29 is 31.4 Å². The molecule has 0 bridgehead atoms. The first-order valence-corrected chi connectivity index (χ1v) is 7.80. The van der Waals surface area contributed by atoms with Crippen molar-refractivity contribution in [1.29, 1.82) is 5.26 Å². The number of nitriles is 1. The smallest absolute Gasteiger partial charge is 0.418 e. The highest BCUT2D eigenvalue weighted by atomic mass is 19.4. The van der Waals surface area contributed by atoms with E-state index in [1.54, 1.807) is 13.0 Å². The lowest BCUT2D eigenvalue weighted by molar-refractivity contribution is -0.137. The summed E-state index contributed by atoms with van der Waals surface area (Å²) in [5, 5.41) is 11.4. The summed E-state index contributed by atoms with van der Waals surface area (Å²) >= 11 is 0. The summed E-state index contributed by atoms with van der Waals surface area (Å²) in [6.07, 6.45) is -4.64. The highest BCUT2D eigenvalue weighted by Crippen LogP contribution is 2.36. The fourth-order valence-corrected chi connectivity index (χ4v) is 2.32. The van der Waals surface area contributed by atoms with Gasteiger partial charge in [0.1, 0.15) is 0 Å². The Bertz CT molecular complexity index is 831. The molecule has 1 N–H and O–H groups in total. The summed E-state index contributed by atoms with van der Waals surface area (Å²) in [5.74, 6) is -0.0991. The first-order valence-electron chi connectivity index (χ1n) is 7.80. The SMILES string of the molecule is CCOc1cc(CNc2ccc(C#N)cc2C(F)(F)F)ccc1OC(F)F. The van der Waals surface area contributed by atoms with Gasteiger partial charge in [0.2, 0.25) is 0 Å². The molecule has 0 unspecified atom stereocenters. The Morgan fingerprint density at radius 1 is 1.11 bits per heavy atom. The Balaban J connectivity index is 2.24. The van der Waals surface area contributed by atoms with Crippen molar-refractivity contribution in [2.24, 2.45) is 0 Å². The topological polar surface area (TPSA) is 54.3 Å². The summed E-state index contributed by atoms with van der Waals surface area (Å²) in [7, 11) is 0. The van der Waals surface area contributed by atoms with Gasteiger partial charge in [-0.15, -0.1) is 0 Å². The average molecular weight is 386 g/mol. The van der Waals surface area contributed by atoms with Crippen molar-refractivity contribution in [3.63, 3.8) is 0 Å². The highest BCUT2D eigenvalue weighted by molar-refractivity contribution is 5.56. The van der Waals surface area contributed by atoms with Crippen LogP contribution in [0.5, 0.6) is 11.5 Å². The average Bonchev–Trinajstić information content (AvgIpc) is 2.60. The lowest BCUT2D eigenvalue weighted by Gasteiger charge is -2.16. The zero-order valence-corrected chi connectivity index (χ0v) is 14.1. The van der Waals surface area contributed by atoms with E-state index in [2.05, 4.69) is 10.1 Å². The van der Waals surface area contributed by atoms with Gasteiger partial charge in [-0.3, -0.25) is 0 Å². The largest absolute Gasteiger partial charge is 0.490 e. The van der Waals surface area contributed by atoms with Crippen molar-refractivity contribution in [2.45, 2.75) is 26.3 Å². The molecule has 0 saturated carbocycles. The molecule has 4 nitrogen and oxygen atoms in total. The molecule has 2 aromatic rings. The lowest BCUT2D eigenvalue weighted by Crippen LogP contribution is -2.11. The normalized spacial score (nSPS) is 11.2. The number of anilines is 1. The predicted octanol–water partition coefficient (Wildman–Crippen LogP) is 5.19. The zero-order chi connectivity index (χ0) is 20.0. The number of nitrogens with one attached hydrogen (secondary N) is 1. The molecule has 0 aliphatic carbocycles. The van der Waals surface area contributed by atoms with Gasteiger partial charge in [0, 0.05) is 12.2 Å². The minimum Gasteiger partial charge on any atom is -0.490 e. The van der Waals surface area contributed by atoms with E-state index in [0.717, 1.165) is 6.07 Å². The van der Waals surface area contributed by atoms with E-state index >= 15 is 0 Å². The Kier molecular flexibility index (Phi) is 6.45. The quantitative estimate of drug-likeness (QED) is 0.666. The monoisotopic (exact) mass is 386 g/mol. The number of hydrogen-bond donors (Lipinski definition) is 1. The highest BCUT2D eigenvalue weighted by Gasteiger charge is 2.33. The van der Waals surface area contributed by atoms with Crippen molar-refractivity contribution in [3.05, 3.63) is 53.1 Å². The van der Waals surface area contributed by atoms with Crippen molar-refractivity contribution in [2.75, 3.05) is 11.9 Å². The summed E-state index contributed by atoms with van der Waals surface area (Å²) in [6, 6.07) is 8.96. The minimum atomic E-state index is -4.64.